The van der Waals surface area contributed by atoms with Gasteiger partial charge in [0.2, 0.25) is 0 Å². The van der Waals surface area contributed by atoms with Crippen LogP contribution in [0.3, 0.4) is 0 Å². The van der Waals surface area contributed by atoms with E-state index >= 15 is 0 Å². The van der Waals surface area contributed by atoms with Crippen molar-refractivity contribution >= 4 is 30.1 Å². The van der Waals surface area contributed by atoms with E-state index in [1.807, 2.05) is 0 Å². The van der Waals surface area contributed by atoms with Gasteiger partial charge in [0.15, 0.2) is 0 Å². The molecule has 0 aromatic heterocycles. The van der Waals surface area contributed by atoms with Crippen molar-refractivity contribution in [2.75, 3.05) is 52.6 Å². The Hall–Kier alpha value is -4.69. The lowest BCUT2D eigenvalue weighted by atomic mass is 10.1. The Morgan fingerprint density at radius 2 is 0.605 bits per heavy atom. The molecule has 0 unspecified atom stereocenters. The number of nitrogens with zero attached hydrogens (tertiary/aromatic N) is 2. The van der Waals surface area contributed by atoms with Crippen molar-refractivity contribution in [3.63, 3.8) is 0 Å². The Morgan fingerprint density at radius 1 is 0.349 bits per heavy atom. The van der Waals surface area contributed by atoms with Gasteiger partial charge in [-0.3, -0.25) is 14.4 Å². The molecule has 14 nitrogen and oxygen atoms in total. The molecule has 500 valence electrons. The van der Waals surface area contributed by atoms with Gasteiger partial charge in [-0.1, -0.05) is 190 Å². The third-order valence-electron chi connectivity index (χ3n) is 13.3. The van der Waals surface area contributed by atoms with E-state index in [2.05, 4.69) is 93.7 Å². The van der Waals surface area contributed by atoms with Crippen molar-refractivity contribution in [2.45, 2.75) is 305 Å². The van der Waals surface area contributed by atoms with E-state index < -0.39 is 29.4 Å². The van der Waals surface area contributed by atoms with E-state index in [-0.39, 0.29) is 64.5 Å². The normalized spacial score (nSPS) is 11.8. The highest BCUT2D eigenvalue weighted by Crippen LogP contribution is 2.15. The van der Waals surface area contributed by atoms with E-state index in [4.69, 9.17) is 34.3 Å². The third kappa shape index (κ3) is 71.8. The van der Waals surface area contributed by atoms with Crippen molar-refractivity contribution in [2.24, 2.45) is 0 Å². The number of rotatable bonds is 52. The number of unbranched alkanes of at least 4 members (excludes halogenated alkanes) is 24. The number of carboxylic acid groups (broad SMARTS) is 1. The number of carbonyl (C=O) groups is 5. The molecular weight excluding hydrogens is 1080 g/mol. The van der Waals surface area contributed by atoms with Crippen molar-refractivity contribution in [3.05, 3.63) is 72.9 Å². The summed E-state index contributed by atoms with van der Waals surface area (Å²) in [5.41, 5.74) is -1.22. The molecule has 0 aliphatic heterocycles. The summed E-state index contributed by atoms with van der Waals surface area (Å²) in [6.07, 6.45) is 65.1. The molecule has 3 N–H and O–H groups in total. The number of aliphatic carboxylic acids is 1. The molecule has 0 spiro atoms. The van der Waals surface area contributed by atoms with Crippen LogP contribution in [0.15, 0.2) is 72.9 Å². The lowest BCUT2D eigenvalue weighted by Crippen LogP contribution is -2.41. The second kappa shape index (κ2) is 64.8. The Balaban J connectivity index is -0.00000163. The number of amides is 2. The fourth-order valence-electron chi connectivity index (χ4n) is 8.42. The zero-order valence-corrected chi connectivity index (χ0v) is 56.5. The molecule has 0 aromatic carbocycles. The molecule has 0 saturated heterocycles. The highest BCUT2D eigenvalue weighted by molar-refractivity contribution is 5.71. The van der Waals surface area contributed by atoms with Crippen LogP contribution in [0.1, 0.15) is 293 Å². The van der Waals surface area contributed by atoms with E-state index in [9.17, 15) is 24.0 Å². The predicted molar refractivity (Wildman–Crippen MR) is 357 cm³/mol. The van der Waals surface area contributed by atoms with Crippen LogP contribution in [0.2, 0.25) is 0 Å². The second-order valence-corrected chi connectivity index (χ2v) is 24.2. The monoisotopic (exact) mass is 1210 g/mol. The summed E-state index contributed by atoms with van der Waals surface area (Å²) < 4.78 is 21.4. The highest BCUT2D eigenvalue weighted by atomic mass is 16.6. The minimum Gasteiger partial charge on any atom is -0.481 e. The summed E-state index contributed by atoms with van der Waals surface area (Å²) in [7, 11) is 0. The average molecular weight is 1220 g/mol. The molecule has 0 heterocycles. The molecule has 0 rings (SSSR count). The predicted octanol–water partition coefficient (Wildman–Crippen LogP) is 19.0. The van der Waals surface area contributed by atoms with Gasteiger partial charge in [-0.25, -0.2) is 9.59 Å². The first-order valence-electron chi connectivity index (χ1n) is 34.0. The van der Waals surface area contributed by atoms with Crippen molar-refractivity contribution in [1.82, 2.24) is 9.80 Å². The number of aliphatic hydroxyl groups is 2. The maximum Gasteiger partial charge on any atom is 0.410 e. The van der Waals surface area contributed by atoms with E-state index in [0.29, 0.717) is 19.3 Å². The lowest BCUT2D eigenvalue weighted by molar-refractivity contribution is -0.144. The Kier molecular flexibility index (Phi) is 64.4. The van der Waals surface area contributed by atoms with Crippen molar-refractivity contribution < 1.29 is 58.2 Å². The molecule has 0 saturated carbocycles. The van der Waals surface area contributed by atoms with E-state index in [0.717, 1.165) is 103 Å². The Labute approximate surface area is 526 Å². The molecule has 0 atom stereocenters. The molecule has 0 radical (unpaired) electrons. The number of hydrogen-bond donors (Lipinski definition) is 3. The van der Waals surface area contributed by atoms with Crippen LogP contribution in [-0.2, 0) is 33.3 Å². The molecule has 2 amide bonds. The van der Waals surface area contributed by atoms with Crippen molar-refractivity contribution in [1.29, 1.82) is 0 Å². The zero-order chi connectivity index (χ0) is 64.5. The number of carboxylic acids is 1. The quantitative estimate of drug-likeness (QED) is 0.0227. The van der Waals surface area contributed by atoms with Gasteiger partial charge < -0.3 is 44.1 Å². The van der Waals surface area contributed by atoms with Gasteiger partial charge >= 0.3 is 30.1 Å². The first-order valence-corrected chi connectivity index (χ1v) is 34.0. The summed E-state index contributed by atoms with van der Waals surface area (Å²) in [6.45, 7) is 18.0. The lowest BCUT2D eigenvalue weighted by Gasteiger charge is -2.27. The first-order chi connectivity index (χ1) is 41.4. The number of carbonyl (C=O) groups excluding carboxylic acids is 4. The number of aliphatic hydroxyl groups excluding tert-OH is 2. The molecular formula is C72H130N2O12. The summed E-state index contributed by atoms with van der Waals surface area (Å²) in [4.78, 5) is 61.8. The molecule has 0 fully saturated rings. The molecule has 0 aromatic rings. The van der Waals surface area contributed by atoms with Gasteiger partial charge in [-0.15, -0.1) is 0 Å². The van der Waals surface area contributed by atoms with Crippen LogP contribution in [0.4, 0.5) is 9.59 Å². The van der Waals surface area contributed by atoms with Gasteiger partial charge in [0.25, 0.3) is 0 Å². The zero-order valence-electron chi connectivity index (χ0n) is 56.5. The van der Waals surface area contributed by atoms with Crippen LogP contribution in [0.5, 0.6) is 0 Å². The molecule has 0 aliphatic rings. The summed E-state index contributed by atoms with van der Waals surface area (Å²) in [6, 6.07) is 0. The Morgan fingerprint density at radius 3 is 0.872 bits per heavy atom. The second-order valence-electron chi connectivity index (χ2n) is 24.2. The third-order valence-corrected chi connectivity index (χ3v) is 13.3. The largest absolute Gasteiger partial charge is 0.481 e. The van der Waals surface area contributed by atoms with Gasteiger partial charge in [-0.2, -0.15) is 0 Å². The number of ether oxygens (including phenoxy) is 4. The number of allylic oxidation sites excluding steroid dienone is 12. The van der Waals surface area contributed by atoms with Crippen molar-refractivity contribution in [3.8, 4) is 0 Å². The number of hydrogen-bond acceptors (Lipinski definition) is 11. The SMILES string of the molecule is CC(C)(C)OC(=O)N(CCO)CCO.CCCCC/C=C\C/C=C\CCCCCCCC(=O)O.CCCCC/C=C\C/C=C\CCCCCCCC(=O)OCCN(CCOC(=O)CCCCCCC/C=C\C/C=C\CCCCC)C(=O)OC(C)(C)C. The summed E-state index contributed by atoms with van der Waals surface area (Å²) in [5.74, 6) is -1.17. The average Bonchev–Trinajstić information content (AvgIpc) is 3.65. The standard InChI is InChI=1S/C45H79NO6.C18H32O2.C9H19NO4/c1-6-8-10-12-14-16-18-20-22-24-26-28-30-32-34-36-42(47)50-40-38-46(44(49)52-45(3,4)5)39-41-51-43(48)37-35-33-31-29-27-25-23-21-19-17-15-13-11-9-7-2;1-2-3-4-5-6-7-8-9-10-11-12-13-14-15-16-17-18(19)20;1-9(2,3)14-8(13)10(4-6-11)5-7-12/h14-17,20-23H,6-13,18-19,24-41H2,1-5H3;6-7,9-10H,2-5,8,11-17H2,1H3,(H,19,20);11-12H,4-7H2,1-3H3/b16-14-,17-15-,22-20-,23-21-;7-6-,10-9-;. The van der Waals surface area contributed by atoms with Gasteiger partial charge in [0, 0.05) is 32.4 Å². The smallest absolute Gasteiger partial charge is 0.410 e. The molecule has 14 heteroatoms. The summed E-state index contributed by atoms with van der Waals surface area (Å²) in [5, 5.41) is 25.9. The van der Waals surface area contributed by atoms with E-state index in [1.54, 1.807) is 41.5 Å². The maximum atomic E-state index is 12.8. The fraction of sp³-hybridized carbons (Fsp3) is 0.764. The van der Waals surface area contributed by atoms with Crippen LogP contribution < -0.4 is 0 Å². The van der Waals surface area contributed by atoms with Crippen LogP contribution in [-0.4, -0.2) is 119 Å². The van der Waals surface area contributed by atoms with Gasteiger partial charge in [0.05, 0.1) is 26.3 Å². The maximum absolute atomic E-state index is 12.8. The van der Waals surface area contributed by atoms with Crippen LogP contribution in [0.25, 0.3) is 0 Å². The highest BCUT2D eigenvalue weighted by Gasteiger charge is 2.23. The van der Waals surface area contributed by atoms with Gasteiger partial charge in [0.1, 0.15) is 24.4 Å². The number of esters is 2. The van der Waals surface area contributed by atoms with Crippen LogP contribution in [0, 0.1) is 0 Å². The minimum absolute atomic E-state index is 0.0816. The minimum atomic E-state index is -0.671. The Bertz CT molecular complexity index is 1690. The van der Waals surface area contributed by atoms with Gasteiger partial charge in [-0.05, 0) is 157 Å². The first kappa shape index (κ1) is 85.5. The fourth-order valence-corrected chi connectivity index (χ4v) is 8.42. The summed E-state index contributed by atoms with van der Waals surface area (Å²) >= 11 is 0. The van der Waals surface area contributed by atoms with E-state index in [1.165, 1.54) is 119 Å². The molecule has 86 heavy (non-hydrogen) atoms. The molecule has 0 bridgehead atoms. The molecule has 0 aliphatic carbocycles. The topological polar surface area (TPSA) is 189 Å². The van der Waals surface area contributed by atoms with Crippen LogP contribution >= 0.6 is 0 Å².